The van der Waals surface area contributed by atoms with Gasteiger partial charge >= 0.3 is 5.92 Å². The number of likely N-dealkylation sites (tertiary alicyclic amines) is 1. The molecule has 0 aliphatic carbocycles. The number of aromatic nitrogens is 1. The minimum absolute atomic E-state index is 0.0968. The number of carboxylic acids is 1. The molecule has 2 aromatic rings. The van der Waals surface area contributed by atoms with E-state index in [0.717, 1.165) is 0 Å². The summed E-state index contributed by atoms with van der Waals surface area (Å²) in [5.74, 6) is -0.263. The van der Waals surface area contributed by atoms with Crippen LogP contribution in [-0.4, -0.2) is 52.7 Å². The van der Waals surface area contributed by atoms with E-state index in [4.69, 9.17) is 4.74 Å². The number of hydrogen-bond acceptors (Lipinski definition) is 7. The van der Waals surface area contributed by atoms with Gasteiger partial charge in [-0.3, -0.25) is 4.79 Å². The minimum Gasteiger partial charge on any atom is -0.542 e. The Bertz CT molecular complexity index is 1100. The Balaban J connectivity index is 1.79. The first-order valence-electron chi connectivity index (χ1n) is 8.49. The number of thiazole rings is 1. The Morgan fingerprint density at radius 3 is 2.86 bits per heavy atom. The van der Waals surface area contributed by atoms with Crippen LogP contribution in [0.25, 0.3) is 11.3 Å². The van der Waals surface area contributed by atoms with Crippen LogP contribution in [-0.2, 0) is 10.7 Å². The lowest BCUT2D eigenvalue weighted by Gasteiger charge is -2.13. The van der Waals surface area contributed by atoms with Crippen molar-refractivity contribution in [3.05, 3.63) is 33.6 Å². The van der Waals surface area contributed by atoms with Gasteiger partial charge in [0.15, 0.2) is 6.61 Å². The van der Waals surface area contributed by atoms with E-state index in [1.54, 1.807) is 7.05 Å². The number of likely N-dealkylation sites (N-methyl/N-ethyl adjacent to an activating group) is 1. The standard InChI is InChI=1S/C19H14F2N2O5S/c1-23-7-6-18(27,17(23)26)5-4-10-2-3-12-11(8-10)13-14(19(20,21)9-28-12)29-15(22-13)16(24)25/h2-3,8,27H,6-7,9H2,1H3,(H,24,25)/p-1. The van der Waals surface area contributed by atoms with E-state index in [9.17, 15) is 28.6 Å². The van der Waals surface area contributed by atoms with Gasteiger partial charge in [0.05, 0.1) is 5.69 Å². The van der Waals surface area contributed by atoms with Gasteiger partial charge in [-0.05, 0) is 18.2 Å². The molecule has 1 unspecified atom stereocenters. The number of carbonyl (C=O) groups excluding carboxylic acids is 2. The Morgan fingerprint density at radius 1 is 1.45 bits per heavy atom. The summed E-state index contributed by atoms with van der Waals surface area (Å²) < 4.78 is 34.0. The number of aromatic carboxylic acids is 1. The highest BCUT2D eigenvalue weighted by Gasteiger charge is 2.43. The van der Waals surface area contributed by atoms with Gasteiger partial charge in [-0.1, -0.05) is 11.8 Å². The molecule has 0 saturated carbocycles. The van der Waals surface area contributed by atoms with Crippen molar-refractivity contribution in [2.45, 2.75) is 17.9 Å². The highest BCUT2D eigenvalue weighted by atomic mass is 32.1. The van der Waals surface area contributed by atoms with Crippen LogP contribution < -0.4 is 9.84 Å². The van der Waals surface area contributed by atoms with E-state index >= 15 is 0 Å². The first-order valence-corrected chi connectivity index (χ1v) is 9.31. The zero-order valence-electron chi connectivity index (χ0n) is 15.0. The average Bonchev–Trinajstić information content (AvgIpc) is 3.21. The van der Waals surface area contributed by atoms with Crippen molar-refractivity contribution in [2.24, 2.45) is 0 Å². The normalized spacial score (nSPS) is 22.1. The zero-order valence-corrected chi connectivity index (χ0v) is 15.8. The van der Waals surface area contributed by atoms with Crippen molar-refractivity contribution in [1.29, 1.82) is 0 Å². The van der Waals surface area contributed by atoms with Crippen molar-refractivity contribution in [2.75, 3.05) is 20.2 Å². The number of halogens is 2. The fourth-order valence-electron chi connectivity index (χ4n) is 3.14. The van der Waals surface area contributed by atoms with Gasteiger partial charge in [-0.25, -0.2) is 4.98 Å². The number of rotatable bonds is 1. The third kappa shape index (κ3) is 3.22. The van der Waals surface area contributed by atoms with Crippen LogP contribution in [0.15, 0.2) is 18.2 Å². The van der Waals surface area contributed by atoms with Gasteiger partial charge in [0.25, 0.3) is 5.91 Å². The Morgan fingerprint density at radius 2 is 2.21 bits per heavy atom. The molecule has 1 atom stereocenters. The van der Waals surface area contributed by atoms with E-state index in [1.165, 1.54) is 23.1 Å². The maximum atomic E-state index is 14.4. The first-order chi connectivity index (χ1) is 13.6. The number of fused-ring (bicyclic) bond motifs is 3. The van der Waals surface area contributed by atoms with Gasteiger partial charge in [0.2, 0.25) is 5.60 Å². The van der Waals surface area contributed by atoms with Crippen molar-refractivity contribution in [3.8, 4) is 28.8 Å². The molecule has 10 heteroatoms. The number of amides is 1. The molecule has 150 valence electrons. The van der Waals surface area contributed by atoms with Gasteiger partial charge < -0.3 is 24.6 Å². The smallest absolute Gasteiger partial charge is 0.317 e. The number of nitrogens with zero attached hydrogens (tertiary/aromatic N) is 2. The van der Waals surface area contributed by atoms with Crippen LogP contribution in [0.4, 0.5) is 8.78 Å². The highest BCUT2D eigenvalue weighted by molar-refractivity contribution is 7.14. The quantitative estimate of drug-likeness (QED) is 0.680. The number of carboxylic acid groups (broad SMARTS) is 1. The van der Waals surface area contributed by atoms with E-state index in [-0.39, 0.29) is 23.4 Å². The summed E-state index contributed by atoms with van der Waals surface area (Å²) >= 11 is 0.337. The summed E-state index contributed by atoms with van der Waals surface area (Å²) in [5.41, 5.74) is -1.55. The molecule has 1 aromatic heterocycles. The number of ether oxygens (including phenoxy) is 1. The lowest BCUT2D eigenvalue weighted by Crippen LogP contribution is -2.37. The molecule has 0 spiro atoms. The fourth-order valence-corrected chi connectivity index (χ4v) is 4.01. The third-order valence-corrected chi connectivity index (χ3v) is 5.85. The van der Waals surface area contributed by atoms with Crippen LogP contribution in [0.5, 0.6) is 5.75 Å². The van der Waals surface area contributed by atoms with Crippen molar-refractivity contribution in [1.82, 2.24) is 9.88 Å². The largest absolute Gasteiger partial charge is 0.542 e. The molecular weight excluding hydrogens is 406 g/mol. The maximum Gasteiger partial charge on any atom is 0.317 e. The lowest BCUT2D eigenvalue weighted by molar-refractivity contribution is -0.255. The zero-order chi connectivity index (χ0) is 21.0. The van der Waals surface area contributed by atoms with E-state index < -0.39 is 39.9 Å². The molecule has 29 heavy (non-hydrogen) atoms. The molecule has 0 radical (unpaired) electrons. The Kier molecular flexibility index (Phi) is 4.33. The van der Waals surface area contributed by atoms with Crippen LogP contribution >= 0.6 is 11.3 Å². The van der Waals surface area contributed by atoms with Crippen molar-refractivity contribution < 1.29 is 33.3 Å². The van der Waals surface area contributed by atoms with Gasteiger partial charge in [-0.15, -0.1) is 11.3 Å². The minimum atomic E-state index is -3.43. The molecule has 7 nitrogen and oxygen atoms in total. The van der Waals surface area contributed by atoms with Gasteiger partial charge in [-0.2, -0.15) is 8.78 Å². The second kappa shape index (κ2) is 6.50. The summed E-state index contributed by atoms with van der Waals surface area (Å²) in [4.78, 5) is 27.8. The summed E-state index contributed by atoms with van der Waals surface area (Å²) in [5, 5.41) is 20.9. The predicted octanol–water partition coefficient (Wildman–Crippen LogP) is 0.602. The van der Waals surface area contributed by atoms with Crippen molar-refractivity contribution >= 4 is 23.2 Å². The summed E-state index contributed by atoms with van der Waals surface area (Å²) in [6.07, 6.45) is 0.154. The Hall–Kier alpha value is -3.03. The third-order valence-electron chi connectivity index (χ3n) is 4.70. The number of benzene rings is 1. The van der Waals surface area contributed by atoms with Gasteiger partial charge in [0, 0.05) is 31.1 Å². The molecule has 2 aliphatic heterocycles. The molecule has 1 saturated heterocycles. The van der Waals surface area contributed by atoms with E-state index in [1.807, 2.05) is 0 Å². The second-order valence-electron chi connectivity index (χ2n) is 6.78. The van der Waals surface area contributed by atoms with Gasteiger partial charge in [0.1, 0.15) is 21.6 Å². The van der Waals surface area contributed by atoms with Crippen LogP contribution in [0.3, 0.4) is 0 Å². The molecule has 2 aliphatic rings. The van der Waals surface area contributed by atoms with Crippen LogP contribution in [0.2, 0.25) is 0 Å². The molecule has 3 heterocycles. The molecular formula is C19H13F2N2O5S-. The number of carbonyl (C=O) groups is 2. The molecule has 1 N–H and O–H groups in total. The molecule has 1 fully saturated rings. The predicted molar refractivity (Wildman–Crippen MR) is 95.4 cm³/mol. The SMILES string of the molecule is CN1CCC(O)(C#Cc2ccc3c(c2)-c2nc(C(=O)[O-])sc2C(F)(F)CO3)C1=O. The molecule has 0 bridgehead atoms. The highest BCUT2D eigenvalue weighted by Crippen LogP contribution is 2.46. The van der Waals surface area contributed by atoms with Crippen molar-refractivity contribution in [3.63, 3.8) is 0 Å². The fraction of sp³-hybridized carbons (Fsp3) is 0.316. The monoisotopic (exact) mass is 419 g/mol. The Labute approximate surface area is 167 Å². The number of alkyl halides is 2. The van der Waals surface area contributed by atoms with Crippen LogP contribution in [0.1, 0.15) is 26.7 Å². The van der Waals surface area contributed by atoms with Crippen LogP contribution in [0, 0.1) is 11.8 Å². The maximum absolute atomic E-state index is 14.4. The van der Waals surface area contributed by atoms with E-state index in [0.29, 0.717) is 23.4 Å². The summed E-state index contributed by atoms with van der Waals surface area (Å²) in [6, 6.07) is 4.32. The summed E-state index contributed by atoms with van der Waals surface area (Å²) in [7, 11) is 1.56. The van der Waals surface area contributed by atoms with E-state index in [2.05, 4.69) is 16.8 Å². The summed E-state index contributed by atoms with van der Waals surface area (Å²) in [6.45, 7) is -0.599. The molecule has 1 amide bonds. The average molecular weight is 419 g/mol. The number of hydrogen-bond donors (Lipinski definition) is 1. The molecule has 1 aromatic carbocycles. The number of aliphatic hydroxyl groups is 1. The first kappa shape index (κ1) is 19.3. The lowest BCUT2D eigenvalue weighted by atomic mass is 10.0. The molecule has 4 rings (SSSR count). The second-order valence-corrected chi connectivity index (χ2v) is 7.77. The topological polar surface area (TPSA) is 103 Å².